The summed E-state index contributed by atoms with van der Waals surface area (Å²) >= 11 is 0. The third-order valence-electron chi connectivity index (χ3n) is 3.24. The van der Waals surface area contributed by atoms with Crippen LogP contribution in [0.1, 0.15) is 27.5 Å². The Kier molecular flexibility index (Phi) is 2.79. The van der Waals surface area contributed by atoms with Gasteiger partial charge < -0.3 is 14.8 Å². The molecule has 3 heterocycles. The summed E-state index contributed by atoms with van der Waals surface area (Å²) in [6.07, 6.45) is 2.26. The first-order valence-corrected chi connectivity index (χ1v) is 6.05. The minimum Gasteiger partial charge on any atom is -0.476 e. The van der Waals surface area contributed by atoms with Crippen molar-refractivity contribution in [2.24, 2.45) is 0 Å². The zero-order chi connectivity index (χ0) is 13.4. The first-order valence-electron chi connectivity index (χ1n) is 6.05. The number of rotatable bonds is 2. The van der Waals surface area contributed by atoms with E-state index in [-0.39, 0.29) is 5.69 Å². The Morgan fingerprint density at radius 1 is 1.47 bits per heavy atom. The van der Waals surface area contributed by atoms with Crippen LogP contribution in [0.5, 0.6) is 0 Å². The number of aryl methyl sites for hydroxylation is 1. The summed E-state index contributed by atoms with van der Waals surface area (Å²) in [5, 5.41) is 12.4. The fourth-order valence-corrected chi connectivity index (χ4v) is 2.26. The zero-order valence-electron chi connectivity index (χ0n) is 10.4. The molecule has 1 aliphatic heterocycles. The first kappa shape index (κ1) is 11.9. The van der Waals surface area contributed by atoms with Crippen molar-refractivity contribution < 1.29 is 14.3 Å². The van der Waals surface area contributed by atoms with Gasteiger partial charge in [-0.2, -0.15) is 0 Å². The van der Waals surface area contributed by atoms with E-state index in [1.807, 2.05) is 0 Å². The average Bonchev–Trinajstić information content (AvgIpc) is 2.83. The number of hydrogen-bond acceptors (Lipinski definition) is 5. The molecule has 0 aromatic carbocycles. The number of hydrogen-bond donors (Lipinski definition) is 2. The molecule has 0 amide bonds. The van der Waals surface area contributed by atoms with E-state index in [1.165, 1.54) is 0 Å². The molecule has 0 atom stereocenters. The van der Waals surface area contributed by atoms with Gasteiger partial charge in [-0.05, 0) is 13.0 Å². The highest BCUT2D eigenvalue weighted by molar-refractivity contribution is 5.88. The normalized spacial score (nSPS) is 14.2. The Bertz CT molecular complexity index is 649. The van der Waals surface area contributed by atoms with Gasteiger partial charge in [0.2, 0.25) is 0 Å². The molecule has 0 radical (unpaired) electrons. The molecule has 6 nitrogen and oxygen atoms in total. The minimum absolute atomic E-state index is 0.0767. The number of carbonyl (C=O) groups is 1. The molecule has 0 unspecified atom stereocenters. The number of carboxylic acids is 1. The predicted octanol–water partition coefficient (Wildman–Crippen LogP) is 1.39. The van der Waals surface area contributed by atoms with Gasteiger partial charge >= 0.3 is 5.97 Å². The Balaban J connectivity index is 2.20. The lowest BCUT2D eigenvalue weighted by atomic mass is 10.0. The van der Waals surface area contributed by atoms with Gasteiger partial charge in [-0.1, -0.05) is 0 Å². The third kappa shape index (κ3) is 2.00. The number of nitrogens with one attached hydrogen (secondary N) is 1. The number of carboxylic acid groups (broad SMARTS) is 1. The number of furan rings is 1. The fourth-order valence-electron chi connectivity index (χ4n) is 2.26. The van der Waals surface area contributed by atoms with Crippen LogP contribution in [0.4, 0.5) is 0 Å². The first-order chi connectivity index (χ1) is 9.16. The van der Waals surface area contributed by atoms with Gasteiger partial charge in [0.1, 0.15) is 5.76 Å². The summed E-state index contributed by atoms with van der Waals surface area (Å²) in [6.45, 7) is 3.11. The van der Waals surface area contributed by atoms with Crippen molar-refractivity contribution in [1.29, 1.82) is 0 Å². The largest absolute Gasteiger partial charge is 0.476 e. The highest BCUT2D eigenvalue weighted by Gasteiger charge is 2.22. The standard InChI is InChI=1S/C13H13N3O3/c1-7-8(3-5-19-7)12-15-10-2-4-14-6-9(10)11(16-12)13(17)18/h3,5,14H,2,4,6H2,1H3,(H,17,18). The fraction of sp³-hybridized carbons (Fsp3) is 0.308. The van der Waals surface area contributed by atoms with E-state index in [1.54, 1.807) is 19.3 Å². The molecule has 0 spiro atoms. The van der Waals surface area contributed by atoms with Crippen LogP contribution in [0, 0.1) is 6.92 Å². The average molecular weight is 259 g/mol. The Morgan fingerprint density at radius 2 is 2.32 bits per heavy atom. The highest BCUT2D eigenvalue weighted by Crippen LogP contribution is 2.24. The molecule has 0 fully saturated rings. The molecule has 6 heteroatoms. The highest BCUT2D eigenvalue weighted by atomic mass is 16.4. The van der Waals surface area contributed by atoms with Crippen molar-refractivity contribution in [2.75, 3.05) is 6.54 Å². The lowest BCUT2D eigenvalue weighted by Gasteiger charge is -2.18. The number of nitrogens with zero attached hydrogens (tertiary/aromatic N) is 2. The molecule has 2 aromatic heterocycles. The van der Waals surface area contributed by atoms with E-state index in [9.17, 15) is 9.90 Å². The number of fused-ring (bicyclic) bond motifs is 1. The molecule has 98 valence electrons. The van der Waals surface area contributed by atoms with Crippen molar-refractivity contribution in [3.05, 3.63) is 35.0 Å². The molecular formula is C13H13N3O3. The van der Waals surface area contributed by atoms with Crippen molar-refractivity contribution >= 4 is 5.97 Å². The maximum Gasteiger partial charge on any atom is 0.354 e. The Labute approximate surface area is 109 Å². The van der Waals surface area contributed by atoms with Crippen molar-refractivity contribution in [2.45, 2.75) is 19.9 Å². The van der Waals surface area contributed by atoms with E-state index in [0.717, 1.165) is 17.8 Å². The van der Waals surface area contributed by atoms with E-state index >= 15 is 0 Å². The lowest BCUT2D eigenvalue weighted by molar-refractivity contribution is 0.0688. The summed E-state index contributed by atoms with van der Waals surface area (Å²) < 4.78 is 5.22. The van der Waals surface area contributed by atoms with Gasteiger partial charge in [-0.25, -0.2) is 14.8 Å². The zero-order valence-corrected chi connectivity index (χ0v) is 10.4. The SMILES string of the molecule is Cc1occc1-c1nc2c(c(C(=O)O)n1)CNCC2. The van der Waals surface area contributed by atoms with Crippen molar-refractivity contribution in [3.8, 4) is 11.4 Å². The molecule has 0 saturated carbocycles. The summed E-state index contributed by atoms with van der Waals surface area (Å²) in [7, 11) is 0. The molecule has 2 aromatic rings. The van der Waals surface area contributed by atoms with E-state index < -0.39 is 5.97 Å². The topological polar surface area (TPSA) is 88.2 Å². The monoisotopic (exact) mass is 259 g/mol. The van der Waals surface area contributed by atoms with E-state index in [2.05, 4.69) is 15.3 Å². The maximum atomic E-state index is 11.3. The quantitative estimate of drug-likeness (QED) is 0.847. The van der Waals surface area contributed by atoms with Crippen LogP contribution >= 0.6 is 0 Å². The van der Waals surface area contributed by atoms with Crippen LogP contribution in [0.2, 0.25) is 0 Å². The summed E-state index contributed by atoms with van der Waals surface area (Å²) in [6, 6.07) is 1.75. The molecular weight excluding hydrogens is 246 g/mol. The molecule has 3 rings (SSSR count). The predicted molar refractivity (Wildman–Crippen MR) is 66.8 cm³/mol. The molecule has 0 saturated heterocycles. The second-order valence-corrected chi connectivity index (χ2v) is 4.44. The third-order valence-corrected chi connectivity index (χ3v) is 3.24. The summed E-state index contributed by atoms with van der Waals surface area (Å²) in [4.78, 5) is 20.0. The van der Waals surface area contributed by atoms with Crippen LogP contribution < -0.4 is 5.32 Å². The molecule has 19 heavy (non-hydrogen) atoms. The van der Waals surface area contributed by atoms with Gasteiger partial charge in [-0.15, -0.1) is 0 Å². The second-order valence-electron chi connectivity index (χ2n) is 4.44. The number of aromatic carboxylic acids is 1. The smallest absolute Gasteiger partial charge is 0.354 e. The van der Waals surface area contributed by atoms with E-state index in [0.29, 0.717) is 30.1 Å². The minimum atomic E-state index is -1.02. The molecule has 0 bridgehead atoms. The molecule has 1 aliphatic rings. The van der Waals surface area contributed by atoms with Gasteiger partial charge in [0, 0.05) is 25.1 Å². The van der Waals surface area contributed by atoms with Gasteiger partial charge in [0.15, 0.2) is 11.5 Å². The van der Waals surface area contributed by atoms with Crippen LogP contribution in [0.3, 0.4) is 0 Å². The maximum absolute atomic E-state index is 11.3. The van der Waals surface area contributed by atoms with Crippen molar-refractivity contribution in [3.63, 3.8) is 0 Å². The Hall–Kier alpha value is -2.21. The van der Waals surface area contributed by atoms with Crippen LogP contribution in [-0.4, -0.2) is 27.6 Å². The van der Waals surface area contributed by atoms with Crippen LogP contribution in [0.15, 0.2) is 16.7 Å². The number of aromatic nitrogens is 2. The molecule has 0 aliphatic carbocycles. The Morgan fingerprint density at radius 3 is 3.00 bits per heavy atom. The molecule has 2 N–H and O–H groups in total. The lowest BCUT2D eigenvalue weighted by Crippen LogP contribution is -2.28. The van der Waals surface area contributed by atoms with Gasteiger partial charge in [0.05, 0.1) is 17.5 Å². The van der Waals surface area contributed by atoms with Crippen LogP contribution in [-0.2, 0) is 13.0 Å². The van der Waals surface area contributed by atoms with Crippen molar-refractivity contribution in [1.82, 2.24) is 15.3 Å². The van der Waals surface area contributed by atoms with Crippen LogP contribution in [0.25, 0.3) is 11.4 Å². The summed E-state index contributed by atoms with van der Waals surface area (Å²) in [5.74, 6) is 0.0827. The van der Waals surface area contributed by atoms with Gasteiger partial charge in [-0.3, -0.25) is 0 Å². The second kappa shape index (κ2) is 4.47. The van der Waals surface area contributed by atoms with Gasteiger partial charge in [0.25, 0.3) is 0 Å². The van der Waals surface area contributed by atoms with E-state index in [4.69, 9.17) is 4.42 Å². The summed E-state index contributed by atoms with van der Waals surface area (Å²) in [5.41, 5.74) is 2.31.